The largest absolute Gasteiger partial charge is 0.483 e. The smallest absolute Gasteiger partial charge is 0.261 e. The second-order valence-corrected chi connectivity index (χ2v) is 10.9. The number of benzene rings is 4. The Morgan fingerprint density at radius 3 is 2.30 bits per heavy atom. The molecule has 0 saturated heterocycles. The lowest BCUT2D eigenvalue weighted by Gasteiger charge is -2.33. The number of carbonyl (C=O) groups excluding carboxylic acids is 2. The van der Waals surface area contributed by atoms with E-state index in [-0.39, 0.29) is 31.0 Å². The second kappa shape index (κ2) is 13.5. The van der Waals surface area contributed by atoms with Crippen LogP contribution in [0, 0.1) is 0 Å². The van der Waals surface area contributed by atoms with E-state index in [9.17, 15) is 9.59 Å². The maximum atomic E-state index is 13.9. The van der Waals surface area contributed by atoms with Crippen LogP contribution in [0.4, 0.5) is 0 Å². The SMILES string of the molecule is O=C(NC1CCCCC1)[C@H](Cc1ccccc1)N(Cc1ccc(Cl)cc1)C(=O)COc1cccc2ccccc12. The van der Waals surface area contributed by atoms with E-state index >= 15 is 0 Å². The van der Waals surface area contributed by atoms with Gasteiger partial charge in [-0.1, -0.05) is 110 Å². The molecule has 0 aliphatic heterocycles. The summed E-state index contributed by atoms with van der Waals surface area (Å²) in [5.41, 5.74) is 1.89. The normalized spacial score (nSPS) is 14.4. The van der Waals surface area contributed by atoms with Gasteiger partial charge in [-0.25, -0.2) is 0 Å². The quantitative estimate of drug-likeness (QED) is 0.230. The van der Waals surface area contributed by atoms with Crippen molar-refractivity contribution in [2.24, 2.45) is 0 Å². The minimum atomic E-state index is -0.691. The molecule has 0 unspecified atom stereocenters. The van der Waals surface area contributed by atoms with Crippen LogP contribution in [-0.4, -0.2) is 35.4 Å². The Kier molecular flexibility index (Phi) is 9.35. The van der Waals surface area contributed by atoms with Gasteiger partial charge in [-0.3, -0.25) is 9.59 Å². The van der Waals surface area contributed by atoms with E-state index in [1.807, 2.05) is 84.9 Å². The summed E-state index contributed by atoms with van der Waals surface area (Å²) in [5, 5.41) is 5.88. The van der Waals surface area contributed by atoms with Gasteiger partial charge in [-0.15, -0.1) is 0 Å². The molecule has 1 N–H and O–H groups in total. The first kappa shape index (κ1) is 27.7. The molecule has 0 bridgehead atoms. The summed E-state index contributed by atoms with van der Waals surface area (Å²) >= 11 is 6.14. The number of nitrogens with zero attached hydrogens (tertiary/aromatic N) is 1. The molecule has 1 aliphatic carbocycles. The van der Waals surface area contributed by atoms with Gasteiger partial charge in [0.15, 0.2) is 6.61 Å². The summed E-state index contributed by atoms with van der Waals surface area (Å²) in [4.78, 5) is 29.5. The highest BCUT2D eigenvalue weighted by atomic mass is 35.5. The Labute approximate surface area is 241 Å². The van der Waals surface area contributed by atoms with Crippen LogP contribution in [0.1, 0.15) is 43.2 Å². The highest BCUT2D eigenvalue weighted by molar-refractivity contribution is 6.30. The van der Waals surface area contributed by atoms with Crippen LogP contribution in [0.15, 0.2) is 97.1 Å². The maximum absolute atomic E-state index is 13.9. The standard InChI is InChI=1S/C34H35ClN2O3/c35-28-20-18-26(19-21-28)23-37(33(38)24-40-32-17-9-13-27-12-7-8-16-30(27)32)31(22-25-10-3-1-4-11-25)34(39)36-29-14-5-2-6-15-29/h1,3-4,7-13,16-21,29,31H,2,5-6,14-15,22-24H2,(H,36,39)/t31-/m0/s1. The zero-order chi connectivity index (χ0) is 27.7. The molecular weight excluding hydrogens is 520 g/mol. The summed E-state index contributed by atoms with van der Waals surface area (Å²) < 4.78 is 6.10. The number of rotatable bonds is 10. The lowest BCUT2D eigenvalue weighted by atomic mass is 9.94. The summed E-state index contributed by atoms with van der Waals surface area (Å²) in [6.07, 6.45) is 5.78. The van der Waals surface area contributed by atoms with Crippen molar-refractivity contribution in [1.29, 1.82) is 0 Å². The maximum Gasteiger partial charge on any atom is 0.261 e. The molecule has 2 amide bonds. The third-order valence-corrected chi connectivity index (χ3v) is 7.84. The fourth-order valence-electron chi connectivity index (χ4n) is 5.43. The second-order valence-electron chi connectivity index (χ2n) is 10.5. The zero-order valence-electron chi connectivity index (χ0n) is 22.6. The van der Waals surface area contributed by atoms with Crippen molar-refractivity contribution in [1.82, 2.24) is 10.2 Å². The van der Waals surface area contributed by atoms with Gasteiger partial charge in [0.05, 0.1) is 0 Å². The fraction of sp³-hybridized carbons (Fsp3) is 0.294. The summed E-state index contributed by atoms with van der Waals surface area (Å²) in [5.74, 6) is 0.273. The lowest BCUT2D eigenvalue weighted by molar-refractivity contribution is -0.143. The van der Waals surface area contributed by atoms with Crippen LogP contribution < -0.4 is 10.1 Å². The van der Waals surface area contributed by atoms with Crippen LogP contribution in [-0.2, 0) is 22.6 Å². The monoisotopic (exact) mass is 554 g/mol. The van der Waals surface area contributed by atoms with Crippen molar-refractivity contribution >= 4 is 34.2 Å². The van der Waals surface area contributed by atoms with Gasteiger partial charge in [-0.2, -0.15) is 0 Å². The molecule has 206 valence electrons. The first-order valence-corrected chi connectivity index (χ1v) is 14.4. The van der Waals surface area contributed by atoms with Gasteiger partial charge in [0.2, 0.25) is 5.91 Å². The summed E-state index contributed by atoms with van der Waals surface area (Å²) in [6, 6.07) is 30.5. The van der Waals surface area contributed by atoms with E-state index in [4.69, 9.17) is 16.3 Å². The molecule has 0 heterocycles. The minimum absolute atomic E-state index is 0.122. The first-order valence-electron chi connectivity index (χ1n) is 14.1. The molecule has 5 rings (SSSR count). The molecule has 1 fully saturated rings. The predicted octanol–water partition coefficient (Wildman–Crippen LogP) is 6.96. The lowest BCUT2D eigenvalue weighted by Crippen LogP contribution is -2.53. The fourth-order valence-corrected chi connectivity index (χ4v) is 5.55. The van der Waals surface area contributed by atoms with Crippen molar-refractivity contribution in [3.05, 3.63) is 113 Å². The molecule has 1 atom stereocenters. The summed E-state index contributed by atoms with van der Waals surface area (Å²) in [7, 11) is 0. The molecular formula is C34H35ClN2O3. The predicted molar refractivity (Wildman–Crippen MR) is 160 cm³/mol. The van der Waals surface area contributed by atoms with E-state index in [0.717, 1.165) is 47.6 Å². The Hall–Kier alpha value is -3.83. The van der Waals surface area contributed by atoms with Crippen molar-refractivity contribution in [2.75, 3.05) is 6.61 Å². The molecule has 0 radical (unpaired) electrons. The molecule has 4 aromatic rings. The summed E-state index contributed by atoms with van der Waals surface area (Å²) in [6.45, 7) is 0.0914. The number of hydrogen-bond donors (Lipinski definition) is 1. The van der Waals surface area contributed by atoms with Crippen LogP contribution in [0.2, 0.25) is 5.02 Å². The Bertz CT molecular complexity index is 1410. The van der Waals surface area contributed by atoms with Gasteiger partial charge in [0.25, 0.3) is 5.91 Å². The van der Waals surface area contributed by atoms with Crippen LogP contribution in [0.25, 0.3) is 10.8 Å². The third-order valence-electron chi connectivity index (χ3n) is 7.59. The number of halogens is 1. The highest BCUT2D eigenvalue weighted by Gasteiger charge is 2.32. The highest BCUT2D eigenvalue weighted by Crippen LogP contribution is 2.26. The van der Waals surface area contributed by atoms with Gasteiger partial charge >= 0.3 is 0 Å². The third kappa shape index (κ3) is 7.22. The number of hydrogen-bond acceptors (Lipinski definition) is 3. The van der Waals surface area contributed by atoms with Crippen molar-refractivity contribution in [3.8, 4) is 5.75 Å². The van der Waals surface area contributed by atoms with E-state index < -0.39 is 6.04 Å². The number of nitrogens with one attached hydrogen (secondary N) is 1. The average Bonchev–Trinajstić information content (AvgIpc) is 2.99. The van der Waals surface area contributed by atoms with E-state index in [2.05, 4.69) is 5.32 Å². The van der Waals surface area contributed by atoms with Crippen LogP contribution >= 0.6 is 11.6 Å². The number of fused-ring (bicyclic) bond motifs is 1. The van der Waals surface area contributed by atoms with E-state index in [1.165, 1.54) is 6.42 Å². The zero-order valence-corrected chi connectivity index (χ0v) is 23.4. The van der Waals surface area contributed by atoms with Crippen LogP contribution in [0.3, 0.4) is 0 Å². The molecule has 1 aliphatic rings. The Morgan fingerprint density at radius 2 is 1.52 bits per heavy atom. The first-order chi connectivity index (χ1) is 19.6. The van der Waals surface area contributed by atoms with Crippen molar-refractivity contribution in [3.63, 3.8) is 0 Å². The average molecular weight is 555 g/mol. The molecule has 40 heavy (non-hydrogen) atoms. The van der Waals surface area contributed by atoms with Gasteiger partial charge in [0, 0.05) is 29.4 Å². The van der Waals surface area contributed by atoms with Gasteiger partial charge in [-0.05, 0) is 47.6 Å². The molecule has 0 spiro atoms. The van der Waals surface area contributed by atoms with Gasteiger partial charge in [0.1, 0.15) is 11.8 Å². The number of ether oxygens (including phenoxy) is 1. The minimum Gasteiger partial charge on any atom is -0.483 e. The number of amides is 2. The molecule has 0 aromatic heterocycles. The Balaban J connectivity index is 1.43. The molecule has 4 aromatic carbocycles. The topological polar surface area (TPSA) is 58.6 Å². The van der Waals surface area contributed by atoms with Crippen molar-refractivity contribution in [2.45, 2.75) is 57.2 Å². The molecule has 1 saturated carbocycles. The van der Waals surface area contributed by atoms with Gasteiger partial charge < -0.3 is 15.0 Å². The van der Waals surface area contributed by atoms with Crippen molar-refractivity contribution < 1.29 is 14.3 Å². The van der Waals surface area contributed by atoms with Crippen LogP contribution in [0.5, 0.6) is 5.75 Å². The molecule has 6 heteroatoms. The Morgan fingerprint density at radius 1 is 0.825 bits per heavy atom. The van der Waals surface area contributed by atoms with E-state index in [1.54, 1.807) is 17.0 Å². The number of carbonyl (C=O) groups is 2. The van der Waals surface area contributed by atoms with E-state index in [0.29, 0.717) is 17.2 Å². The molecule has 5 nitrogen and oxygen atoms in total.